The molecule has 0 radical (unpaired) electrons. The van der Waals surface area contributed by atoms with Gasteiger partial charge in [-0.25, -0.2) is 4.98 Å². The third-order valence-corrected chi connectivity index (χ3v) is 5.87. The van der Waals surface area contributed by atoms with Crippen molar-refractivity contribution in [2.45, 2.75) is 45.6 Å². The van der Waals surface area contributed by atoms with Crippen LogP contribution in [0.2, 0.25) is 0 Å². The van der Waals surface area contributed by atoms with E-state index in [1.54, 1.807) is 0 Å². The summed E-state index contributed by atoms with van der Waals surface area (Å²) in [6.45, 7) is 12.6. The monoisotopic (exact) mass is 391 g/mol. The highest BCUT2D eigenvalue weighted by Gasteiger charge is 2.15. The molecule has 0 unspecified atom stereocenters. The number of aryl methyl sites for hydroxylation is 1. The Morgan fingerprint density at radius 1 is 0.966 bits per heavy atom. The molecule has 154 valence electrons. The lowest BCUT2D eigenvalue weighted by Crippen LogP contribution is -2.37. The molecule has 4 heteroatoms. The zero-order chi connectivity index (χ0) is 20.3. The van der Waals surface area contributed by atoms with Crippen molar-refractivity contribution >= 4 is 11.0 Å². The Balaban J connectivity index is 1.51. The molecule has 29 heavy (non-hydrogen) atoms. The van der Waals surface area contributed by atoms with Gasteiger partial charge < -0.3 is 9.30 Å². The van der Waals surface area contributed by atoms with E-state index in [4.69, 9.17) is 9.72 Å². The van der Waals surface area contributed by atoms with E-state index in [2.05, 4.69) is 78.8 Å². The Kier molecular flexibility index (Phi) is 6.02. The maximum absolute atomic E-state index is 5.46. The molecule has 1 aromatic heterocycles. The molecule has 1 aliphatic heterocycles. The van der Waals surface area contributed by atoms with E-state index in [9.17, 15) is 0 Å². The third kappa shape index (κ3) is 4.88. The second kappa shape index (κ2) is 8.68. The maximum atomic E-state index is 5.46. The lowest BCUT2D eigenvalue weighted by atomic mass is 9.87. The number of nitrogens with zero attached hydrogens (tertiary/aromatic N) is 3. The molecule has 0 N–H and O–H groups in total. The number of imidazole rings is 1. The molecule has 3 aromatic rings. The van der Waals surface area contributed by atoms with Gasteiger partial charge in [-0.15, -0.1) is 0 Å². The number of morpholine rings is 1. The smallest absolute Gasteiger partial charge is 0.110 e. The van der Waals surface area contributed by atoms with Gasteiger partial charge in [-0.2, -0.15) is 0 Å². The second-order valence-corrected chi connectivity index (χ2v) is 9.11. The van der Waals surface area contributed by atoms with Crippen LogP contribution >= 0.6 is 0 Å². The highest BCUT2D eigenvalue weighted by molar-refractivity contribution is 5.76. The molecule has 4 rings (SSSR count). The zero-order valence-electron chi connectivity index (χ0n) is 18.0. The van der Waals surface area contributed by atoms with Crippen molar-refractivity contribution in [3.05, 3.63) is 65.5 Å². The van der Waals surface area contributed by atoms with Crippen LogP contribution in [0.4, 0.5) is 0 Å². The molecule has 0 bridgehead atoms. The molecule has 2 aromatic carbocycles. The van der Waals surface area contributed by atoms with Gasteiger partial charge in [-0.05, 0) is 41.6 Å². The molecule has 2 heterocycles. The van der Waals surface area contributed by atoms with Crippen LogP contribution in [0.1, 0.15) is 44.1 Å². The lowest BCUT2D eigenvalue weighted by Gasteiger charge is -2.26. The standard InChI is InChI=1S/C25H33N3O/c1-25(2,3)21-12-10-20(11-13-21)19-28-23-8-5-4-7-22(23)26-24(28)9-6-14-27-15-17-29-18-16-27/h4-5,7-8,10-13H,6,9,14-19H2,1-3H3. The summed E-state index contributed by atoms with van der Waals surface area (Å²) in [7, 11) is 0. The van der Waals surface area contributed by atoms with Crippen LogP contribution in [0, 0.1) is 0 Å². The molecule has 0 spiro atoms. The number of hydrogen-bond acceptors (Lipinski definition) is 3. The van der Waals surface area contributed by atoms with Crippen LogP contribution in [0.15, 0.2) is 48.5 Å². The first-order chi connectivity index (χ1) is 14.0. The van der Waals surface area contributed by atoms with E-state index in [1.807, 2.05) is 0 Å². The topological polar surface area (TPSA) is 30.3 Å². The van der Waals surface area contributed by atoms with Gasteiger partial charge in [0.25, 0.3) is 0 Å². The van der Waals surface area contributed by atoms with E-state index < -0.39 is 0 Å². The summed E-state index contributed by atoms with van der Waals surface area (Å²) in [6, 6.07) is 17.6. The van der Waals surface area contributed by atoms with Gasteiger partial charge >= 0.3 is 0 Å². The molecule has 1 fully saturated rings. The number of hydrogen-bond donors (Lipinski definition) is 0. The summed E-state index contributed by atoms with van der Waals surface area (Å²) >= 11 is 0. The molecule has 0 amide bonds. The summed E-state index contributed by atoms with van der Waals surface area (Å²) in [4.78, 5) is 7.47. The van der Waals surface area contributed by atoms with Gasteiger partial charge in [0, 0.05) is 26.1 Å². The Morgan fingerprint density at radius 2 is 1.69 bits per heavy atom. The number of para-hydroxylation sites is 2. The van der Waals surface area contributed by atoms with E-state index in [-0.39, 0.29) is 5.41 Å². The molecule has 0 aliphatic carbocycles. The molecule has 0 saturated carbocycles. The van der Waals surface area contributed by atoms with Gasteiger partial charge in [-0.1, -0.05) is 57.2 Å². The summed E-state index contributed by atoms with van der Waals surface area (Å²) in [5.41, 5.74) is 5.22. The molecule has 1 saturated heterocycles. The first-order valence-electron chi connectivity index (χ1n) is 10.8. The first-order valence-corrected chi connectivity index (χ1v) is 10.8. The largest absolute Gasteiger partial charge is 0.379 e. The number of ether oxygens (including phenoxy) is 1. The van der Waals surface area contributed by atoms with Gasteiger partial charge in [0.1, 0.15) is 5.82 Å². The number of rotatable bonds is 6. The van der Waals surface area contributed by atoms with Crippen LogP contribution in [0.25, 0.3) is 11.0 Å². The zero-order valence-corrected chi connectivity index (χ0v) is 18.0. The van der Waals surface area contributed by atoms with Crippen LogP contribution in [-0.4, -0.2) is 47.3 Å². The molecule has 0 atom stereocenters. The first kappa shape index (κ1) is 20.1. The van der Waals surface area contributed by atoms with E-state index in [0.717, 1.165) is 57.8 Å². The quantitative estimate of drug-likeness (QED) is 0.613. The minimum absolute atomic E-state index is 0.185. The number of benzene rings is 2. The van der Waals surface area contributed by atoms with Crippen molar-refractivity contribution in [1.82, 2.24) is 14.5 Å². The molecular formula is C25H33N3O. The third-order valence-electron chi connectivity index (χ3n) is 5.87. The van der Waals surface area contributed by atoms with Crippen molar-refractivity contribution in [3.63, 3.8) is 0 Å². The van der Waals surface area contributed by atoms with E-state index in [0.29, 0.717) is 0 Å². The lowest BCUT2D eigenvalue weighted by molar-refractivity contribution is 0.0374. The van der Waals surface area contributed by atoms with Crippen LogP contribution in [0.5, 0.6) is 0 Å². The van der Waals surface area contributed by atoms with Crippen molar-refractivity contribution in [2.24, 2.45) is 0 Å². The highest BCUT2D eigenvalue weighted by Crippen LogP contribution is 2.24. The average molecular weight is 392 g/mol. The summed E-state index contributed by atoms with van der Waals surface area (Å²) in [5, 5.41) is 0. The normalized spacial score (nSPS) is 15.8. The molecule has 4 nitrogen and oxygen atoms in total. The van der Waals surface area contributed by atoms with Crippen molar-refractivity contribution in [1.29, 1.82) is 0 Å². The predicted molar refractivity (Wildman–Crippen MR) is 120 cm³/mol. The van der Waals surface area contributed by atoms with Gasteiger partial charge in [0.05, 0.1) is 24.2 Å². The van der Waals surface area contributed by atoms with Crippen LogP contribution in [0.3, 0.4) is 0 Å². The predicted octanol–water partition coefficient (Wildman–Crippen LogP) is 4.65. The minimum Gasteiger partial charge on any atom is -0.379 e. The molecular weight excluding hydrogens is 358 g/mol. The number of fused-ring (bicyclic) bond motifs is 1. The Labute approximate surface area is 174 Å². The average Bonchev–Trinajstić information content (AvgIpc) is 3.06. The van der Waals surface area contributed by atoms with Gasteiger partial charge in [0.2, 0.25) is 0 Å². The number of aromatic nitrogens is 2. The maximum Gasteiger partial charge on any atom is 0.110 e. The fraction of sp³-hybridized carbons (Fsp3) is 0.480. The summed E-state index contributed by atoms with van der Waals surface area (Å²) < 4.78 is 7.86. The Morgan fingerprint density at radius 3 is 2.41 bits per heavy atom. The minimum atomic E-state index is 0.185. The Hall–Kier alpha value is -2.17. The molecule has 1 aliphatic rings. The highest BCUT2D eigenvalue weighted by atomic mass is 16.5. The SMILES string of the molecule is CC(C)(C)c1ccc(Cn2c(CCCN3CCOCC3)nc3ccccc32)cc1. The summed E-state index contributed by atoms with van der Waals surface area (Å²) in [6.07, 6.45) is 2.14. The van der Waals surface area contributed by atoms with E-state index in [1.165, 1.54) is 22.5 Å². The second-order valence-electron chi connectivity index (χ2n) is 9.11. The van der Waals surface area contributed by atoms with Crippen molar-refractivity contribution in [2.75, 3.05) is 32.8 Å². The fourth-order valence-corrected chi connectivity index (χ4v) is 4.07. The van der Waals surface area contributed by atoms with Crippen LogP contribution < -0.4 is 0 Å². The van der Waals surface area contributed by atoms with Gasteiger partial charge in [-0.3, -0.25) is 4.90 Å². The van der Waals surface area contributed by atoms with Gasteiger partial charge in [0.15, 0.2) is 0 Å². The van der Waals surface area contributed by atoms with Crippen molar-refractivity contribution < 1.29 is 4.74 Å². The summed E-state index contributed by atoms with van der Waals surface area (Å²) in [5.74, 6) is 1.19. The fourth-order valence-electron chi connectivity index (χ4n) is 4.07. The van der Waals surface area contributed by atoms with Crippen molar-refractivity contribution in [3.8, 4) is 0 Å². The Bertz CT molecular complexity index is 931. The van der Waals surface area contributed by atoms with Crippen LogP contribution in [-0.2, 0) is 23.1 Å². The van der Waals surface area contributed by atoms with E-state index >= 15 is 0 Å².